The van der Waals surface area contributed by atoms with Gasteiger partial charge in [0.1, 0.15) is 0 Å². The highest BCUT2D eigenvalue weighted by atomic mass is 35.5. The molecule has 1 aliphatic rings. The van der Waals surface area contributed by atoms with Crippen molar-refractivity contribution in [2.75, 3.05) is 10.2 Å². The van der Waals surface area contributed by atoms with Gasteiger partial charge < -0.3 is 5.32 Å². The van der Waals surface area contributed by atoms with Crippen LogP contribution in [-0.2, 0) is 0 Å². The van der Waals surface area contributed by atoms with E-state index in [1.807, 2.05) is 0 Å². The van der Waals surface area contributed by atoms with E-state index in [4.69, 9.17) is 11.6 Å². The molecule has 1 aliphatic heterocycles. The maximum atomic E-state index is 12.5. The molecule has 0 radical (unpaired) electrons. The molecule has 0 spiro atoms. The Morgan fingerprint density at radius 3 is 2.35 bits per heavy atom. The van der Waals surface area contributed by atoms with Crippen LogP contribution in [0.4, 0.5) is 11.4 Å². The molecule has 0 saturated heterocycles. The van der Waals surface area contributed by atoms with E-state index in [0.29, 0.717) is 22.4 Å². The first-order valence-electron chi connectivity index (χ1n) is 7.64. The number of fused-ring (bicyclic) bond motifs is 1. The third kappa shape index (κ3) is 2.55. The lowest BCUT2D eigenvalue weighted by molar-refractivity contribution is 0.0924. The number of imide groups is 1. The lowest BCUT2D eigenvalue weighted by Gasteiger charge is -2.16. The number of benzene rings is 2. The van der Waals surface area contributed by atoms with E-state index in [2.05, 4.69) is 15.5 Å². The summed E-state index contributed by atoms with van der Waals surface area (Å²) in [4.78, 5) is 38.2. The summed E-state index contributed by atoms with van der Waals surface area (Å²) in [5.74, 6) is -1.21. The van der Waals surface area contributed by atoms with Crippen LogP contribution < -0.4 is 10.2 Å². The largest absolute Gasteiger partial charge is 0.322 e. The van der Waals surface area contributed by atoms with Gasteiger partial charge in [-0.05, 0) is 30.3 Å². The summed E-state index contributed by atoms with van der Waals surface area (Å²) in [6, 6.07) is 11.2. The van der Waals surface area contributed by atoms with Crippen molar-refractivity contribution in [3.8, 4) is 0 Å². The molecule has 0 saturated carbocycles. The highest BCUT2D eigenvalue weighted by Crippen LogP contribution is 2.34. The minimum Gasteiger partial charge on any atom is -0.322 e. The SMILES string of the molecule is O=C(Nc1ccc(N2C(=O)c3ccccc3C2=O)c(Cl)c1)c1cn[nH]c1. The minimum absolute atomic E-state index is 0.171. The molecule has 26 heavy (non-hydrogen) atoms. The minimum atomic E-state index is -0.428. The normalized spacial score (nSPS) is 13.0. The van der Waals surface area contributed by atoms with Crippen molar-refractivity contribution >= 4 is 40.7 Å². The van der Waals surface area contributed by atoms with Gasteiger partial charge in [0.2, 0.25) is 0 Å². The van der Waals surface area contributed by atoms with Crippen LogP contribution >= 0.6 is 11.6 Å². The van der Waals surface area contributed by atoms with Gasteiger partial charge in [0.15, 0.2) is 0 Å². The van der Waals surface area contributed by atoms with E-state index < -0.39 is 11.8 Å². The molecule has 0 aliphatic carbocycles. The maximum absolute atomic E-state index is 12.5. The Morgan fingerprint density at radius 2 is 1.77 bits per heavy atom. The molecule has 0 unspecified atom stereocenters. The van der Waals surface area contributed by atoms with E-state index in [-0.39, 0.29) is 16.6 Å². The van der Waals surface area contributed by atoms with E-state index in [9.17, 15) is 14.4 Å². The number of halogens is 1. The maximum Gasteiger partial charge on any atom is 0.266 e. The second-order valence-electron chi connectivity index (χ2n) is 5.60. The number of nitrogens with one attached hydrogen (secondary N) is 2. The number of H-pyrrole nitrogens is 1. The second kappa shape index (κ2) is 6.12. The van der Waals surface area contributed by atoms with Crippen LogP contribution in [0.5, 0.6) is 0 Å². The number of amides is 3. The fourth-order valence-corrected chi connectivity index (χ4v) is 3.02. The van der Waals surface area contributed by atoms with E-state index in [1.165, 1.54) is 24.5 Å². The topological polar surface area (TPSA) is 95.2 Å². The van der Waals surface area contributed by atoms with Crippen LogP contribution in [0.25, 0.3) is 0 Å². The van der Waals surface area contributed by atoms with Gasteiger partial charge >= 0.3 is 0 Å². The zero-order valence-corrected chi connectivity index (χ0v) is 13.9. The number of nitrogens with zero attached hydrogens (tertiary/aromatic N) is 2. The Bertz CT molecular complexity index is 1010. The van der Waals surface area contributed by atoms with Crippen LogP contribution in [0.15, 0.2) is 54.9 Å². The van der Waals surface area contributed by atoms with E-state index in [1.54, 1.807) is 30.3 Å². The lowest BCUT2D eigenvalue weighted by atomic mass is 10.1. The third-order valence-corrected chi connectivity index (χ3v) is 4.30. The third-order valence-electron chi connectivity index (χ3n) is 4.00. The monoisotopic (exact) mass is 366 g/mol. The summed E-state index contributed by atoms with van der Waals surface area (Å²) in [5.41, 5.74) is 1.74. The summed E-state index contributed by atoms with van der Waals surface area (Å²) in [6.07, 6.45) is 2.86. The quantitative estimate of drug-likeness (QED) is 0.696. The molecule has 0 fully saturated rings. The fraction of sp³-hybridized carbons (Fsp3) is 0. The van der Waals surface area contributed by atoms with Gasteiger partial charge in [-0.1, -0.05) is 23.7 Å². The first kappa shape index (κ1) is 16.0. The van der Waals surface area contributed by atoms with Crippen LogP contribution in [0.3, 0.4) is 0 Å². The second-order valence-corrected chi connectivity index (χ2v) is 6.01. The number of carbonyl (C=O) groups excluding carboxylic acids is 3. The lowest BCUT2D eigenvalue weighted by Crippen LogP contribution is -2.29. The smallest absolute Gasteiger partial charge is 0.266 e. The number of hydrogen-bond donors (Lipinski definition) is 2. The molecule has 2 aromatic carbocycles. The Balaban J connectivity index is 1.62. The average Bonchev–Trinajstić information content (AvgIpc) is 3.25. The van der Waals surface area contributed by atoms with Crippen LogP contribution in [0.2, 0.25) is 5.02 Å². The Labute approximate surface area is 152 Å². The van der Waals surface area contributed by atoms with E-state index >= 15 is 0 Å². The molecule has 7 nitrogen and oxygen atoms in total. The molecule has 3 amide bonds. The molecular formula is C18H11ClN4O3. The number of hydrogen-bond acceptors (Lipinski definition) is 4. The molecule has 2 N–H and O–H groups in total. The number of aromatic nitrogens is 2. The van der Waals surface area contributed by atoms with Crippen molar-refractivity contribution in [2.45, 2.75) is 0 Å². The van der Waals surface area contributed by atoms with Crippen LogP contribution in [0.1, 0.15) is 31.1 Å². The molecule has 2 heterocycles. The van der Waals surface area contributed by atoms with Crippen molar-refractivity contribution in [1.29, 1.82) is 0 Å². The number of carbonyl (C=O) groups is 3. The molecule has 4 rings (SSSR count). The highest BCUT2D eigenvalue weighted by molar-refractivity contribution is 6.40. The number of rotatable bonds is 3. The Kier molecular flexibility index (Phi) is 3.78. The Hall–Kier alpha value is -3.45. The zero-order valence-electron chi connectivity index (χ0n) is 13.2. The molecule has 3 aromatic rings. The molecule has 8 heteroatoms. The van der Waals surface area contributed by atoms with Crippen LogP contribution in [-0.4, -0.2) is 27.9 Å². The first-order chi connectivity index (χ1) is 12.6. The molecular weight excluding hydrogens is 356 g/mol. The van der Waals surface area contributed by atoms with Gasteiger partial charge in [-0.25, -0.2) is 4.90 Å². The highest BCUT2D eigenvalue weighted by Gasteiger charge is 2.37. The van der Waals surface area contributed by atoms with Crippen molar-refractivity contribution in [3.63, 3.8) is 0 Å². The number of aromatic amines is 1. The van der Waals surface area contributed by atoms with E-state index in [0.717, 1.165) is 4.90 Å². The molecule has 1 aromatic heterocycles. The molecule has 0 bridgehead atoms. The van der Waals surface area contributed by atoms with Gasteiger partial charge in [0, 0.05) is 11.9 Å². The van der Waals surface area contributed by atoms with Crippen molar-refractivity contribution in [2.24, 2.45) is 0 Å². The van der Waals surface area contributed by atoms with Crippen molar-refractivity contribution in [3.05, 3.63) is 76.6 Å². The molecule has 128 valence electrons. The number of anilines is 2. The summed E-state index contributed by atoms with van der Waals surface area (Å²) < 4.78 is 0. The summed E-state index contributed by atoms with van der Waals surface area (Å²) in [7, 11) is 0. The Morgan fingerprint density at radius 1 is 1.08 bits per heavy atom. The summed E-state index contributed by atoms with van der Waals surface area (Å²) in [5, 5.41) is 9.11. The fourth-order valence-electron chi connectivity index (χ4n) is 2.75. The summed E-state index contributed by atoms with van der Waals surface area (Å²) >= 11 is 6.28. The van der Waals surface area contributed by atoms with Crippen molar-refractivity contribution < 1.29 is 14.4 Å². The molecule has 0 atom stereocenters. The zero-order chi connectivity index (χ0) is 18.3. The van der Waals surface area contributed by atoms with Crippen molar-refractivity contribution in [1.82, 2.24) is 10.2 Å². The van der Waals surface area contributed by atoms with Crippen LogP contribution in [0, 0.1) is 0 Å². The predicted molar refractivity (Wildman–Crippen MR) is 95.6 cm³/mol. The standard InChI is InChI=1S/C18H11ClN4O3/c19-14-7-11(22-16(24)10-8-20-21-9-10)5-6-15(14)23-17(25)12-3-1-2-4-13(12)18(23)26/h1-9H,(H,20,21)(H,22,24). The summed E-state index contributed by atoms with van der Waals surface area (Å²) in [6.45, 7) is 0. The first-order valence-corrected chi connectivity index (χ1v) is 8.01. The van der Waals surface area contributed by atoms with Gasteiger partial charge in [-0.3, -0.25) is 19.5 Å². The predicted octanol–water partition coefficient (Wildman–Crippen LogP) is 3.12. The van der Waals surface area contributed by atoms with Gasteiger partial charge in [0.25, 0.3) is 17.7 Å². The average molecular weight is 367 g/mol. The van der Waals surface area contributed by atoms with Gasteiger partial charge in [-0.2, -0.15) is 5.10 Å². The van der Waals surface area contributed by atoms with Gasteiger partial charge in [0.05, 0.1) is 33.6 Å². The van der Waals surface area contributed by atoms with Gasteiger partial charge in [-0.15, -0.1) is 0 Å².